The van der Waals surface area contributed by atoms with Gasteiger partial charge in [0, 0.05) is 3.58 Å². The highest BCUT2D eigenvalue weighted by molar-refractivity contribution is 14.1. The maximum absolute atomic E-state index is 9.08. The molecule has 0 aromatic rings. The molecule has 0 aromatic carbocycles. The van der Waals surface area contributed by atoms with Crippen molar-refractivity contribution in [2.24, 2.45) is 0 Å². The molecule has 1 rings (SSSR count). The highest BCUT2D eigenvalue weighted by atomic mass is 127. The molecule has 0 aromatic heterocycles. The van der Waals surface area contributed by atoms with Gasteiger partial charge in [-0.15, -0.1) is 0 Å². The van der Waals surface area contributed by atoms with E-state index < -0.39 is 12.2 Å². The predicted octanol–water partition coefficient (Wildman–Crippen LogP) is 0.483. The summed E-state index contributed by atoms with van der Waals surface area (Å²) in [6.07, 6.45) is 0.763. The van der Waals surface area contributed by atoms with E-state index in [0.29, 0.717) is 3.58 Å². The van der Waals surface area contributed by atoms with Crippen molar-refractivity contribution in [2.45, 2.75) is 12.2 Å². The van der Waals surface area contributed by atoms with Crippen LogP contribution < -0.4 is 0 Å². The minimum atomic E-state index is -0.975. The molecule has 0 saturated carbocycles. The van der Waals surface area contributed by atoms with E-state index >= 15 is 0 Å². The molecule has 0 bridgehead atoms. The maximum atomic E-state index is 9.08. The third kappa shape index (κ3) is 1.50. The second-order valence-electron chi connectivity index (χ2n) is 2.06. The van der Waals surface area contributed by atoms with Crippen LogP contribution in [0.3, 0.4) is 0 Å². The van der Waals surface area contributed by atoms with Gasteiger partial charge >= 0.3 is 0 Å². The highest BCUT2D eigenvalue weighted by Gasteiger charge is 2.21. The summed E-state index contributed by atoms with van der Waals surface area (Å²) in [5.41, 5.74) is 0. The van der Waals surface area contributed by atoms with Crippen molar-refractivity contribution in [1.82, 2.24) is 0 Å². The quantitative estimate of drug-likeness (QED) is 0.551. The summed E-state index contributed by atoms with van der Waals surface area (Å²) in [5.74, 6) is 0.00204. The Balaban J connectivity index is 2.85. The normalized spacial score (nSPS) is 33.1. The molecule has 56 valence electrons. The third-order valence-electron chi connectivity index (χ3n) is 1.23. The van der Waals surface area contributed by atoms with Gasteiger partial charge in [0.1, 0.15) is 18.0 Å². The van der Waals surface area contributed by atoms with Gasteiger partial charge in [-0.1, -0.05) is 0 Å². The van der Waals surface area contributed by atoms with E-state index in [1.165, 1.54) is 12.2 Å². The van der Waals surface area contributed by atoms with Crippen LogP contribution in [-0.2, 0) is 0 Å². The number of hydrogen-bond acceptors (Lipinski definition) is 3. The molecule has 0 heterocycles. The highest BCUT2D eigenvalue weighted by Crippen LogP contribution is 2.22. The van der Waals surface area contributed by atoms with Gasteiger partial charge in [-0.3, -0.25) is 0 Å². The largest absolute Gasteiger partial charge is 0.508 e. The van der Waals surface area contributed by atoms with Crippen LogP contribution in [0.1, 0.15) is 0 Å². The minimum Gasteiger partial charge on any atom is -0.508 e. The van der Waals surface area contributed by atoms with Gasteiger partial charge in [0.2, 0.25) is 0 Å². The Hall–Kier alpha value is -0.0700. The summed E-state index contributed by atoms with van der Waals surface area (Å²) >= 11 is 1.86. The fourth-order valence-corrected chi connectivity index (χ4v) is 1.39. The van der Waals surface area contributed by atoms with Crippen molar-refractivity contribution in [3.05, 3.63) is 21.5 Å². The van der Waals surface area contributed by atoms with Crippen LogP contribution >= 0.6 is 22.6 Å². The zero-order valence-corrected chi connectivity index (χ0v) is 7.19. The van der Waals surface area contributed by atoms with E-state index in [0.717, 1.165) is 0 Å². The smallest absolute Gasteiger partial charge is 0.115 e. The first-order valence-electron chi connectivity index (χ1n) is 2.75. The molecular weight excluding hydrogens is 247 g/mol. The second kappa shape index (κ2) is 2.89. The fourth-order valence-electron chi connectivity index (χ4n) is 0.704. The minimum absolute atomic E-state index is 0.00204. The molecule has 3 N–H and O–H groups in total. The number of aliphatic hydroxyl groups is 3. The van der Waals surface area contributed by atoms with Gasteiger partial charge in [-0.25, -0.2) is 0 Å². The molecule has 0 fully saturated rings. The number of hydrogen-bond donors (Lipinski definition) is 3. The van der Waals surface area contributed by atoms with E-state index in [9.17, 15) is 0 Å². The van der Waals surface area contributed by atoms with Gasteiger partial charge in [0.15, 0.2) is 0 Å². The molecule has 2 atom stereocenters. The SMILES string of the molecule is OC1=C[C@H](O)[C@H](O)C(I)=C1. The van der Waals surface area contributed by atoms with Crippen LogP contribution in [0.5, 0.6) is 0 Å². The van der Waals surface area contributed by atoms with Crippen LogP contribution in [0.4, 0.5) is 0 Å². The van der Waals surface area contributed by atoms with E-state index in [-0.39, 0.29) is 5.76 Å². The maximum Gasteiger partial charge on any atom is 0.115 e. The van der Waals surface area contributed by atoms with Crippen molar-refractivity contribution in [2.75, 3.05) is 0 Å². The second-order valence-corrected chi connectivity index (χ2v) is 3.30. The molecule has 0 amide bonds. The lowest BCUT2D eigenvalue weighted by Gasteiger charge is -2.17. The lowest BCUT2D eigenvalue weighted by Crippen LogP contribution is -2.26. The van der Waals surface area contributed by atoms with Crippen molar-refractivity contribution >= 4 is 22.6 Å². The number of aliphatic hydroxyl groups excluding tert-OH is 3. The van der Waals surface area contributed by atoms with Gasteiger partial charge in [0.25, 0.3) is 0 Å². The summed E-state index contributed by atoms with van der Waals surface area (Å²) < 4.78 is 0.546. The number of rotatable bonds is 0. The molecule has 10 heavy (non-hydrogen) atoms. The van der Waals surface area contributed by atoms with Crippen molar-refractivity contribution in [1.29, 1.82) is 0 Å². The first-order chi connectivity index (χ1) is 4.61. The predicted molar refractivity (Wildman–Crippen MR) is 44.8 cm³/mol. The third-order valence-corrected chi connectivity index (χ3v) is 2.18. The van der Waals surface area contributed by atoms with Gasteiger partial charge in [-0.05, 0) is 34.7 Å². The number of allylic oxidation sites excluding steroid dienone is 1. The standard InChI is InChI=1S/C6H7IO3/c7-4-1-3(8)2-5(9)6(4)10/h1-2,5-6,8-10H/t5-,6+/m0/s1. The summed E-state index contributed by atoms with van der Waals surface area (Å²) in [4.78, 5) is 0. The van der Waals surface area contributed by atoms with Crippen molar-refractivity contribution in [3.63, 3.8) is 0 Å². The monoisotopic (exact) mass is 254 g/mol. The molecule has 0 saturated heterocycles. The Labute approximate surface area is 71.8 Å². The zero-order chi connectivity index (χ0) is 7.72. The Bertz CT molecular complexity index is 197. The van der Waals surface area contributed by atoms with Crippen molar-refractivity contribution in [3.8, 4) is 0 Å². The molecule has 1 aliphatic rings. The Morgan fingerprint density at radius 1 is 1.40 bits per heavy atom. The molecule has 3 nitrogen and oxygen atoms in total. The van der Waals surface area contributed by atoms with Crippen molar-refractivity contribution < 1.29 is 15.3 Å². The van der Waals surface area contributed by atoms with Crippen LogP contribution in [0.15, 0.2) is 21.5 Å². The van der Waals surface area contributed by atoms with Gasteiger partial charge in [-0.2, -0.15) is 0 Å². The Kier molecular flexibility index (Phi) is 2.32. The lowest BCUT2D eigenvalue weighted by atomic mass is 10.1. The molecule has 0 radical (unpaired) electrons. The summed E-state index contributed by atoms with van der Waals surface area (Å²) in [6.45, 7) is 0. The van der Waals surface area contributed by atoms with Crippen LogP contribution in [-0.4, -0.2) is 27.5 Å². The molecular formula is C6H7IO3. The molecule has 4 heteroatoms. The Morgan fingerprint density at radius 3 is 2.50 bits per heavy atom. The fraction of sp³-hybridized carbons (Fsp3) is 0.333. The first-order valence-corrected chi connectivity index (χ1v) is 3.83. The summed E-state index contributed by atoms with van der Waals surface area (Å²) in [6, 6.07) is 0. The number of halogens is 1. The van der Waals surface area contributed by atoms with E-state index in [1.54, 1.807) is 0 Å². The Morgan fingerprint density at radius 2 is 2.00 bits per heavy atom. The van der Waals surface area contributed by atoms with Crippen LogP contribution in [0.2, 0.25) is 0 Å². The molecule has 1 aliphatic carbocycles. The average molecular weight is 254 g/mol. The average Bonchev–Trinajstić information content (AvgIpc) is 1.82. The topological polar surface area (TPSA) is 60.7 Å². The van der Waals surface area contributed by atoms with Gasteiger partial charge < -0.3 is 15.3 Å². The lowest BCUT2D eigenvalue weighted by molar-refractivity contribution is 0.0748. The summed E-state index contributed by atoms with van der Waals surface area (Å²) in [5, 5.41) is 26.9. The first kappa shape index (κ1) is 8.03. The van der Waals surface area contributed by atoms with Crippen LogP contribution in [0, 0.1) is 0 Å². The molecule has 0 aliphatic heterocycles. The summed E-state index contributed by atoms with van der Waals surface area (Å²) in [7, 11) is 0. The molecule has 0 spiro atoms. The van der Waals surface area contributed by atoms with E-state index in [4.69, 9.17) is 15.3 Å². The van der Waals surface area contributed by atoms with E-state index in [1.807, 2.05) is 22.6 Å². The van der Waals surface area contributed by atoms with Gasteiger partial charge in [0.05, 0.1) is 0 Å². The van der Waals surface area contributed by atoms with E-state index in [2.05, 4.69) is 0 Å². The molecule has 0 unspecified atom stereocenters. The zero-order valence-electron chi connectivity index (χ0n) is 5.03. The van der Waals surface area contributed by atoms with Crippen LogP contribution in [0.25, 0.3) is 0 Å².